The first-order chi connectivity index (χ1) is 12.2. The van der Waals surface area contributed by atoms with Crippen LogP contribution in [0.25, 0.3) is 0 Å². The molecule has 1 aliphatic heterocycles. The molecular weight excluding hydrogens is 316 g/mol. The quantitative estimate of drug-likeness (QED) is 0.838. The minimum atomic E-state index is 0.0152. The van der Waals surface area contributed by atoms with Crippen LogP contribution in [-0.2, 0) is 22.6 Å². The van der Waals surface area contributed by atoms with Gasteiger partial charge in [-0.25, -0.2) is 4.98 Å². The molecule has 0 saturated carbocycles. The lowest BCUT2D eigenvalue weighted by molar-refractivity contribution is -0.122. The Morgan fingerprint density at radius 3 is 2.88 bits per heavy atom. The molecule has 2 aromatic rings. The van der Waals surface area contributed by atoms with Gasteiger partial charge in [-0.05, 0) is 12.1 Å². The van der Waals surface area contributed by atoms with Crippen molar-refractivity contribution in [2.75, 3.05) is 18.0 Å². The van der Waals surface area contributed by atoms with Crippen LogP contribution < -0.4 is 10.2 Å². The van der Waals surface area contributed by atoms with Crippen LogP contribution in [0.5, 0.6) is 0 Å². The molecule has 2 heterocycles. The molecule has 2 amide bonds. The summed E-state index contributed by atoms with van der Waals surface area (Å²) in [4.78, 5) is 30.3. The van der Waals surface area contributed by atoms with Gasteiger partial charge in [0.1, 0.15) is 5.82 Å². The fourth-order valence-corrected chi connectivity index (χ4v) is 3.20. The van der Waals surface area contributed by atoms with Crippen molar-refractivity contribution in [3.63, 3.8) is 0 Å². The average Bonchev–Trinajstić information content (AvgIpc) is 3.24. The van der Waals surface area contributed by atoms with Gasteiger partial charge >= 0.3 is 0 Å². The van der Waals surface area contributed by atoms with Gasteiger partial charge in [-0.15, -0.1) is 0 Å². The van der Waals surface area contributed by atoms with Crippen molar-refractivity contribution in [3.8, 4) is 0 Å². The number of benzene rings is 1. The molecule has 25 heavy (non-hydrogen) atoms. The van der Waals surface area contributed by atoms with Crippen LogP contribution in [0, 0.1) is 5.92 Å². The third kappa shape index (κ3) is 4.26. The summed E-state index contributed by atoms with van der Waals surface area (Å²) in [7, 11) is 0. The largest absolute Gasteiger partial charge is 0.356 e. The molecule has 6 heteroatoms. The van der Waals surface area contributed by atoms with Crippen LogP contribution in [0.3, 0.4) is 0 Å². The van der Waals surface area contributed by atoms with Crippen LogP contribution in [0.4, 0.5) is 5.69 Å². The maximum Gasteiger partial charge on any atom is 0.227 e. The molecule has 0 radical (unpaired) electrons. The van der Waals surface area contributed by atoms with Gasteiger partial charge in [0.2, 0.25) is 11.8 Å². The van der Waals surface area contributed by atoms with E-state index in [-0.39, 0.29) is 17.7 Å². The normalized spacial score (nSPS) is 17.1. The summed E-state index contributed by atoms with van der Waals surface area (Å²) >= 11 is 0. The SMILES string of the molecule is CCc1nccn1CCC(=O)NC[C@H]1CC(=O)N(c2ccccc2)C1. The number of amides is 2. The van der Waals surface area contributed by atoms with Crippen LogP contribution in [0.15, 0.2) is 42.7 Å². The van der Waals surface area contributed by atoms with Crippen LogP contribution in [0.2, 0.25) is 0 Å². The zero-order chi connectivity index (χ0) is 17.6. The van der Waals surface area contributed by atoms with Crippen molar-refractivity contribution in [2.45, 2.75) is 32.7 Å². The molecule has 1 aliphatic rings. The number of imidazole rings is 1. The second kappa shape index (κ2) is 7.96. The molecule has 0 bridgehead atoms. The molecule has 0 unspecified atom stereocenters. The molecule has 1 N–H and O–H groups in total. The number of hydrogen-bond acceptors (Lipinski definition) is 3. The van der Waals surface area contributed by atoms with Crippen LogP contribution in [-0.4, -0.2) is 34.5 Å². The number of nitrogens with zero attached hydrogens (tertiary/aromatic N) is 3. The van der Waals surface area contributed by atoms with E-state index in [1.807, 2.05) is 41.1 Å². The van der Waals surface area contributed by atoms with Crippen molar-refractivity contribution >= 4 is 17.5 Å². The predicted octanol–water partition coefficient (Wildman–Crippen LogP) is 2.00. The van der Waals surface area contributed by atoms with E-state index in [2.05, 4.69) is 17.2 Å². The lowest BCUT2D eigenvalue weighted by Crippen LogP contribution is -2.31. The highest BCUT2D eigenvalue weighted by Crippen LogP contribution is 2.24. The van der Waals surface area contributed by atoms with E-state index in [4.69, 9.17) is 0 Å². The number of aryl methyl sites for hydroxylation is 2. The Morgan fingerprint density at radius 1 is 1.32 bits per heavy atom. The van der Waals surface area contributed by atoms with E-state index in [1.54, 1.807) is 11.1 Å². The molecule has 1 atom stereocenters. The number of rotatable bonds is 7. The van der Waals surface area contributed by atoms with Crippen molar-refractivity contribution in [1.82, 2.24) is 14.9 Å². The maximum absolute atomic E-state index is 12.2. The van der Waals surface area contributed by atoms with Crippen molar-refractivity contribution in [1.29, 1.82) is 0 Å². The minimum absolute atomic E-state index is 0.0152. The lowest BCUT2D eigenvalue weighted by Gasteiger charge is -2.17. The van der Waals surface area contributed by atoms with E-state index >= 15 is 0 Å². The third-order valence-electron chi connectivity index (χ3n) is 4.56. The summed E-state index contributed by atoms with van der Waals surface area (Å²) in [5, 5.41) is 2.97. The number of hydrogen-bond donors (Lipinski definition) is 1. The van der Waals surface area contributed by atoms with Crippen LogP contribution >= 0.6 is 0 Å². The molecule has 0 spiro atoms. The number of carbonyl (C=O) groups excluding carboxylic acids is 2. The lowest BCUT2D eigenvalue weighted by atomic mass is 10.1. The Morgan fingerprint density at radius 2 is 2.12 bits per heavy atom. The fraction of sp³-hybridized carbons (Fsp3) is 0.421. The number of anilines is 1. The van der Waals surface area contributed by atoms with Gasteiger partial charge in [0.15, 0.2) is 0 Å². The Hall–Kier alpha value is -2.63. The first kappa shape index (κ1) is 17.2. The van der Waals surface area contributed by atoms with Gasteiger partial charge in [-0.3, -0.25) is 9.59 Å². The highest BCUT2D eigenvalue weighted by Gasteiger charge is 2.30. The minimum Gasteiger partial charge on any atom is -0.356 e. The first-order valence-electron chi connectivity index (χ1n) is 8.79. The van der Waals surface area contributed by atoms with Gasteiger partial charge in [-0.1, -0.05) is 25.1 Å². The second-order valence-corrected chi connectivity index (χ2v) is 6.35. The average molecular weight is 340 g/mol. The summed E-state index contributed by atoms with van der Waals surface area (Å²) < 4.78 is 2.01. The zero-order valence-electron chi connectivity index (χ0n) is 14.5. The molecule has 1 saturated heterocycles. The van der Waals surface area contributed by atoms with Gasteiger partial charge in [0, 0.05) is 62.9 Å². The van der Waals surface area contributed by atoms with Gasteiger partial charge in [0.25, 0.3) is 0 Å². The molecule has 6 nitrogen and oxygen atoms in total. The predicted molar refractivity (Wildman–Crippen MR) is 96.1 cm³/mol. The van der Waals surface area contributed by atoms with E-state index < -0.39 is 0 Å². The topological polar surface area (TPSA) is 67.2 Å². The summed E-state index contributed by atoms with van der Waals surface area (Å²) in [6, 6.07) is 9.67. The van der Waals surface area contributed by atoms with Crippen molar-refractivity contribution in [3.05, 3.63) is 48.5 Å². The molecule has 1 aromatic carbocycles. The molecule has 1 aromatic heterocycles. The summed E-state index contributed by atoms with van der Waals surface area (Å²) in [6.07, 6.45) is 5.43. The Kier molecular flexibility index (Phi) is 5.48. The highest BCUT2D eigenvalue weighted by atomic mass is 16.2. The molecule has 132 valence electrons. The van der Waals surface area contributed by atoms with E-state index in [1.165, 1.54) is 0 Å². The van der Waals surface area contributed by atoms with Crippen LogP contribution in [0.1, 0.15) is 25.6 Å². The number of para-hydroxylation sites is 1. The molecule has 1 fully saturated rings. The monoisotopic (exact) mass is 340 g/mol. The Balaban J connectivity index is 1.44. The maximum atomic E-state index is 12.2. The number of carbonyl (C=O) groups is 2. The third-order valence-corrected chi connectivity index (χ3v) is 4.56. The second-order valence-electron chi connectivity index (χ2n) is 6.35. The summed E-state index contributed by atoms with van der Waals surface area (Å²) in [5.41, 5.74) is 0.925. The molecule has 0 aliphatic carbocycles. The first-order valence-corrected chi connectivity index (χ1v) is 8.79. The number of nitrogens with one attached hydrogen (secondary N) is 1. The van der Waals surface area contributed by atoms with Crippen molar-refractivity contribution < 1.29 is 9.59 Å². The molecular formula is C19H24N4O2. The fourth-order valence-electron chi connectivity index (χ4n) is 3.20. The standard InChI is InChI=1S/C19H24N4O2/c1-2-17-20-9-11-22(17)10-8-18(24)21-13-15-12-19(25)23(14-15)16-6-4-3-5-7-16/h3-7,9,11,15H,2,8,10,12-14H2,1H3,(H,21,24)/t15-/m1/s1. The zero-order valence-corrected chi connectivity index (χ0v) is 14.5. The summed E-state index contributed by atoms with van der Waals surface area (Å²) in [6.45, 7) is 3.88. The summed E-state index contributed by atoms with van der Waals surface area (Å²) in [5.74, 6) is 1.29. The van der Waals surface area contributed by atoms with Gasteiger partial charge < -0.3 is 14.8 Å². The molecule has 3 rings (SSSR count). The number of aromatic nitrogens is 2. The van der Waals surface area contributed by atoms with E-state index in [0.29, 0.717) is 32.5 Å². The smallest absolute Gasteiger partial charge is 0.227 e. The Labute approximate surface area is 147 Å². The van der Waals surface area contributed by atoms with Gasteiger partial charge in [0.05, 0.1) is 0 Å². The van der Waals surface area contributed by atoms with E-state index in [9.17, 15) is 9.59 Å². The van der Waals surface area contributed by atoms with E-state index in [0.717, 1.165) is 17.9 Å². The highest BCUT2D eigenvalue weighted by molar-refractivity contribution is 5.95. The van der Waals surface area contributed by atoms with Crippen molar-refractivity contribution in [2.24, 2.45) is 5.92 Å². The Bertz CT molecular complexity index is 726. The van der Waals surface area contributed by atoms with Gasteiger partial charge in [-0.2, -0.15) is 0 Å².